The number of aliphatic carboxylic acids is 1. The fourth-order valence-corrected chi connectivity index (χ4v) is 2.24. The molecule has 0 spiro atoms. The van der Waals surface area contributed by atoms with Crippen molar-refractivity contribution in [2.75, 3.05) is 12.0 Å². The number of carbonyl (C=O) groups excluding carboxylic acids is 1. The quantitative estimate of drug-likeness (QED) is 0.116. The highest BCUT2D eigenvalue weighted by atomic mass is 16.7. The highest BCUT2D eigenvalue weighted by molar-refractivity contribution is 5.96. The van der Waals surface area contributed by atoms with Crippen LogP contribution in [0.5, 0.6) is 0 Å². The summed E-state index contributed by atoms with van der Waals surface area (Å²) in [7, 11) is 0. The molecular formula is C19H24N6O5. The zero-order valence-corrected chi connectivity index (χ0v) is 16.1. The van der Waals surface area contributed by atoms with Crippen LogP contribution in [0.15, 0.2) is 60.7 Å². The second-order valence-electron chi connectivity index (χ2n) is 5.95. The van der Waals surface area contributed by atoms with Gasteiger partial charge < -0.3 is 21.5 Å². The molecule has 0 saturated heterocycles. The van der Waals surface area contributed by atoms with Crippen molar-refractivity contribution in [3.8, 4) is 0 Å². The zero-order chi connectivity index (χ0) is 22.4. The number of nitrogens with zero attached hydrogens (tertiary/aromatic N) is 1. The monoisotopic (exact) mass is 416 g/mol. The number of anilines is 1. The van der Waals surface area contributed by atoms with Gasteiger partial charge in [-0.15, -0.1) is 5.43 Å². The molecule has 160 valence electrons. The van der Waals surface area contributed by atoms with Gasteiger partial charge in [0.05, 0.1) is 0 Å². The highest BCUT2D eigenvalue weighted by Gasteiger charge is 2.19. The van der Waals surface area contributed by atoms with E-state index in [4.69, 9.17) is 16.2 Å². The fraction of sp³-hybridized carbons (Fsp3) is 0.211. The van der Waals surface area contributed by atoms with Gasteiger partial charge in [0.15, 0.2) is 11.0 Å². The summed E-state index contributed by atoms with van der Waals surface area (Å²) < 4.78 is 0. The van der Waals surface area contributed by atoms with Gasteiger partial charge in [0, 0.05) is 12.1 Å². The van der Waals surface area contributed by atoms with Crippen LogP contribution in [0.1, 0.15) is 23.2 Å². The Morgan fingerprint density at radius 3 is 2.17 bits per heavy atom. The van der Waals surface area contributed by atoms with Crippen molar-refractivity contribution in [1.29, 1.82) is 5.41 Å². The minimum Gasteiger partial charge on any atom is -0.480 e. The number of nitrogens with one attached hydrogen (secondary N) is 4. The van der Waals surface area contributed by atoms with Gasteiger partial charge in [-0.05, 0) is 37.1 Å². The maximum absolute atomic E-state index is 11.9. The summed E-state index contributed by atoms with van der Waals surface area (Å²) in [6.45, 7) is 0.389. The molecule has 2 rings (SSSR count). The van der Waals surface area contributed by atoms with Crippen LogP contribution in [0.4, 0.5) is 5.69 Å². The number of amides is 1. The van der Waals surface area contributed by atoms with Crippen LogP contribution < -0.4 is 21.8 Å². The lowest BCUT2D eigenvalue weighted by Crippen LogP contribution is -2.41. The molecule has 11 heteroatoms. The standard InChI is InChI=1S/C13H18N4O3.C6H6N2O2/c14-13(15)16-8-4-7-10(12(19)20)17-11(18)9-5-2-1-3-6-9;9-8(10)7-6-4-2-1-3-5-6/h1-3,5-6,10H,4,7-8H2,(H,17,18)(H,19,20)(H4,14,15,16);1-5,7H/t10-;/m0./s1. The van der Waals surface area contributed by atoms with Crippen LogP contribution in [-0.4, -0.2) is 40.6 Å². The maximum Gasteiger partial charge on any atom is 0.326 e. The smallest absolute Gasteiger partial charge is 0.326 e. The highest BCUT2D eigenvalue weighted by Crippen LogP contribution is 2.04. The van der Waals surface area contributed by atoms with E-state index < -0.39 is 23.0 Å². The molecule has 0 bridgehead atoms. The van der Waals surface area contributed by atoms with Crippen molar-refractivity contribution in [2.24, 2.45) is 5.73 Å². The van der Waals surface area contributed by atoms with Crippen molar-refractivity contribution in [1.82, 2.24) is 10.6 Å². The Morgan fingerprint density at radius 1 is 1.10 bits per heavy atom. The number of hydrogen-bond acceptors (Lipinski definition) is 5. The first-order valence-corrected chi connectivity index (χ1v) is 8.92. The van der Waals surface area contributed by atoms with Gasteiger partial charge in [0.2, 0.25) is 0 Å². The Hall–Kier alpha value is -4.15. The average Bonchev–Trinajstić information content (AvgIpc) is 2.71. The molecule has 0 aliphatic carbocycles. The number of carbonyl (C=O) groups is 2. The van der Waals surface area contributed by atoms with Crippen LogP contribution in [0.3, 0.4) is 0 Å². The lowest BCUT2D eigenvalue weighted by Gasteiger charge is -2.14. The van der Waals surface area contributed by atoms with E-state index in [2.05, 4.69) is 10.6 Å². The summed E-state index contributed by atoms with van der Waals surface area (Å²) in [5.74, 6) is -1.67. The van der Waals surface area contributed by atoms with Crippen molar-refractivity contribution >= 4 is 23.5 Å². The molecule has 0 radical (unpaired) electrons. The Labute approximate surface area is 172 Å². The van der Waals surface area contributed by atoms with Crippen molar-refractivity contribution in [2.45, 2.75) is 18.9 Å². The van der Waals surface area contributed by atoms with Crippen LogP contribution in [0, 0.1) is 15.5 Å². The predicted octanol–water partition coefficient (Wildman–Crippen LogP) is 1.42. The Bertz CT molecular complexity index is 832. The molecule has 30 heavy (non-hydrogen) atoms. The van der Waals surface area contributed by atoms with Crippen LogP contribution in [-0.2, 0) is 4.79 Å². The van der Waals surface area contributed by atoms with E-state index in [1.807, 2.05) is 5.43 Å². The minimum atomic E-state index is -1.09. The average molecular weight is 416 g/mol. The number of carboxylic acids is 1. The fourth-order valence-electron chi connectivity index (χ4n) is 2.24. The Balaban J connectivity index is 0.000000375. The van der Waals surface area contributed by atoms with E-state index in [0.29, 0.717) is 24.2 Å². The van der Waals surface area contributed by atoms with Gasteiger partial charge in [0.1, 0.15) is 11.7 Å². The second kappa shape index (κ2) is 13.1. The van der Waals surface area contributed by atoms with E-state index in [1.165, 1.54) is 0 Å². The number of rotatable bonds is 9. The molecular weight excluding hydrogens is 392 g/mol. The van der Waals surface area contributed by atoms with Gasteiger partial charge in [-0.3, -0.25) is 10.2 Å². The summed E-state index contributed by atoms with van der Waals surface area (Å²) in [4.78, 5) is 32.8. The second-order valence-corrected chi connectivity index (χ2v) is 5.95. The molecule has 7 N–H and O–H groups in total. The molecule has 0 aliphatic rings. The maximum atomic E-state index is 11.9. The first-order valence-electron chi connectivity index (χ1n) is 8.92. The number of nitro groups is 1. The first kappa shape index (κ1) is 23.9. The number of carboxylic acid groups (broad SMARTS) is 1. The van der Waals surface area contributed by atoms with Gasteiger partial charge in [-0.2, -0.15) is 0 Å². The Kier molecular flexibility index (Phi) is 10.4. The molecule has 11 nitrogen and oxygen atoms in total. The third kappa shape index (κ3) is 10.3. The van der Waals surface area contributed by atoms with Gasteiger partial charge in [0.25, 0.3) is 5.91 Å². The predicted molar refractivity (Wildman–Crippen MR) is 112 cm³/mol. The van der Waals surface area contributed by atoms with Gasteiger partial charge >= 0.3 is 5.97 Å². The van der Waals surface area contributed by atoms with Crippen molar-refractivity contribution in [3.05, 3.63) is 76.3 Å². The van der Waals surface area contributed by atoms with E-state index in [9.17, 15) is 19.7 Å². The van der Waals surface area contributed by atoms with Crippen LogP contribution >= 0.6 is 0 Å². The molecule has 2 aromatic rings. The largest absolute Gasteiger partial charge is 0.480 e. The molecule has 2 aromatic carbocycles. The molecule has 0 unspecified atom stereocenters. The summed E-state index contributed by atoms with van der Waals surface area (Å²) in [5, 5.41) is 30.4. The molecule has 0 heterocycles. The summed E-state index contributed by atoms with van der Waals surface area (Å²) in [5.41, 5.74) is 8.05. The van der Waals surface area contributed by atoms with E-state index in [0.717, 1.165) is 0 Å². The first-order chi connectivity index (χ1) is 14.3. The number of nitrogens with two attached hydrogens (primary N) is 1. The molecule has 0 aromatic heterocycles. The topological polar surface area (TPSA) is 183 Å². The van der Waals surface area contributed by atoms with Gasteiger partial charge in [-0.1, -0.05) is 36.4 Å². The minimum absolute atomic E-state index is 0.162. The molecule has 0 saturated carbocycles. The van der Waals surface area contributed by atoms with Crippen molar-refractivity contribution < 1.29 is 19.7 Å². The molecule has 1 atom stereocenters. The summed E-state index contributed by atoms with van der Waals surface area (Å²) >= 11 is 0. The number of benzene rings is 2. The van der Waals surface area contributed by atoms with Crippen LogP contribution in [0.2, 0.25) is 0 Å². The van der Waals surface area contributed by atoms with E-state index >= 15 is 0 Å². The summed E-state index contributed by atoms with van der Waals surface area (Å²) in [6, 6.07) is 16.0. The number of para-hydroxylation sites is 1. The zero-order valence-electron chi connectivity index (χ0n) is 16.1. The number of hydrogen-bond donors (Lipinski definition) is 6. The third-order valence-corrected chi connectivity index (χ3v) is 3.62. The number of hydrazine groups is 1. The van der Waals surface area contributed by atoms with Crippen LogP contribution in [0.25, 0.3) is 0 Å². The third-order valence-electron chi connectivity index (χ3n) is 3.62. The van der Waals surface area contributed by atoms with Gasteiger partial charge in [-0.25, -0.2) is 14.9 Å². The SMILES string of the molecule is N=C(N)NCCC[C@H](NC(=O)c1ccccc1)C(=O)O.O=[N+]([O-])Nc1ccccc1. The molecule has 0 fully saturated rings. The number of guanidine groups is 1. The lowest BCUT2D eigenvalue weighted by molar-refractivity contribution is -0.445. The van der Waals surface area contributed by atoms with E-state index in [-0.39, 0.29) is 12.4 Å². The van der Waals surface area contributed by atoms with Crippen molar-refractivity contribution in [3.63, 3.8) is 0 Å². The Morgan fingerprint density at radius 2 is 1.67 bits per heavy atom. The summed E-state index contributed by atoms with van der Waals surface area (Å²) in [6.07, 6.45) is 0.736. The molecule has 1 amide bonds. The molecule has 0 aliphatic heterocycles. The lowest BCUT2D eigenvalue weighted by atomic mass is 10.1. The van der Waals surface area contributed by atoms with E-state index in [1.54, 1.807) is 60.7 Å². The normalized spacial score (nSPS) is 10.5.